The van der Waals surface area contributed by atoms with Gasteiger partial charge < -0.3 is 20.2 Å². The van der Waals surface area contributed by atoms with Gasteiger partial charge in [-0.15, -0.1) is 0 Å². The van der Waals surface area contributed by atoms with E-state index in [0.29, 0.717) is 23.8 Å². The molecule has 0 radical (unpaired) electrons. The molecule has 3 heterocycles. The van der Waals surface area contributed by atoms with Gasteiger partial charge in [-0.25, -0.2) is 15.0 Å². The van der Waals surface area contributed by atoms with Gasteiger partial charge in [-0.05, 0) is 81.2 Å². The van der Waals surface area contributed by atoms with E-state index in [4.69, 9.17) is 10.7 Å². The van der Waals surface area contributed by atoms with Crippen LogP contribution in [0.15, 0.2) is 36.8 Å². The fraction of sp³-hybridized carbons (Fsp3) is 0.567. The van der Waals surface area contributed by atoms with Crippen molar-refractivity contribution in [2.45, 2.75) is 90.6 Å². The second-order valence-electron chi connectivity index (χ2n) is 12.2. The molecule has 1 aromatic carbocycles. The highest BCUT2D eigenvalue weighted by Crippen LogP contribution is 2.39. The van der Waals surface area contributed by atoms with Gasteiger partial charge in [0.1, 0.15) is 23.6 Å². The van der Waals surface area contributed by atoms with Crippen LogP contribution < -0.4 is 5.73 Å². The fourth-order valence-corrected chi connectivity index (χ4v) is 5.97. The number of unbranched alkanes of at least 4 members (excludes halogenated alkanes) is 1. The van der Waals surface area contributed by atoms with Crippen molar-refractivity contribution < 1.29 is 0 Å². The highest BCUT2D eigenvalue weighted by Gasteiger charge is 2.31. The first-order valence-electron chi connectivity index (χ1n) is 14.0. The van der Waals surface area contributed by atoms with Gasteiger partial charge in [0.2, 0.25) is 0 Å². The van der Waals surface area contributed by atoms with Crippen LogP contribution >= 0.6 is 0 Å². The van der Waals surface area contributed by atoms with E-state index in [1.807, 2.05) is 0 Å². The lowest BCUT2D eigenvalue weighted by Crippen LogP contribution is -2.37. The van der Waals surface area contributed by atoms with Gasteiger partial charge in [0.15, 0.2) is 0 Å². The van der Waals surface area contributed by atoms with Gasteiger partial charge in [0.25, 0.3) is 0 Å². The smallest absolute Gasteiger partial charge is 0.145 e. The molecule has 1 aliphatic carbocycles. The quantitative estimate of drug-likeness (QED) is 0.264. The second kappa shape index (κ2) is 10.4. The number of fused-ring (bicyclic) bond motifs is 2. The molecule has 1 fully saturated rings. The van der Waals surface area contributed by atoms with E-state index in [1.165, 1.54) is 31.2 Å². The number of aromatic nitrogens is 5. The van der Waals surface area contributed by atoms with Crippen LogP contribution in [0.25, 0.3) is 22.1 Å². The molecule has 7 heteroatoms. The number of nitrogens with two attached hydrogens (primary N) is 1. The van der Waals surface area contributed by atoms with E-state index in [9.17, 15) is 0 Å². The average molecular weight is 502 g/mol. The van der Waals surface area contributed by atoms with E-state index in [-0.39, 0.29) is 5.41 Å². The van der Waals surface area contributed by atoms with Crippen LogP contribution in [0, 0.1) is 5.92 Å². The third kappa shape index (κ3) is 5.52. The molecule has 3 aromatic heterocycles. The molecule has 5 rings (SSSR count). The van der Waals surface area contributed by atoms with E-state index < -0.39 is 0 Å². The Balaban J connectivity index is 1.18. The molecule has 2 atom stereocenters. The first-order chi connectivity index (χ1) is 17.7. The lowest BCUT2D eigenvalue weighted by molar-refractivity contribution is 0.167. The molecule has 0 amide bonds. The predicted molar refractivity (Wildman–Crippen MR) is 153 cm³/mol. The zero-order valence-electron chi connectivity index (χ0n) is 23.2. The second-order valence-corrected chi connectivity index (χ2v) is 12.2. The molecule has 1 aliphatic rings. The molecule has 0 bridgehead atoms. The molecule has 0 spiro atoms. The van der Waals surface area contributed by atoms with E-state index >= 15 is 0 Å². The summed E-state index contributed by atoms with van der Waals surface area (Å²) in [7, 11) is 0. The Morgan fingerprint density at radius 1 is 1.14 bits per heavy atom. The predicted octanol–water partition coefficient (Wildman–Crippen LogP) is 6.26. The van der Waals surface area contributed by atoms with Gasteiger partial charge in [-0.1, -0.05) is 33.3 Å². The molecule has 1 saturated carbocycles. The third-order valence-corrected chi connectivity index (χ3v) is 8.22. The van der Waals surface area contributed by atoms with Crippen molar-refractivity contribution in [2.24, 2.45) is 5.92 Å². The number of nitrogens with zero attached hydrogens (tertiary/aromatic N) is 5. The lowest BCUT2D eigenvalue weighted by atomic mass is 9.87. The molecule has 0 saturated heterocycles. The van der Waals surface area contributed by atoms with Gasteiger partial charge in [0, 0.05) is 31.2 Å². The lowest BCUT2D eigenvalue weighted by Gasteiger charge is -2.32. The number of aryl methyl sites for hydroxylation is 1. The van der Waals surface area contributed by atoms with Crippen LogP contribution in [0.1, 0.15) is 84.2 Å². The SMILES string of the molecule is CC(C)N(CCCCc1nc2ccc(C(C)(C)C)cc2[nH]1)CC1CCCC1n1ccc2c(N)ncnc21. The normalized spacial score (nSPS) is 18.7. The Hall–Kier alpha value is -2.93. The van der Waals surface area contributed by atoms with Gasteiger partial charge in [-0.3, -0.25) is 0 Å². The summed E-state index contributed by atoms with van der Waals surface area (Å²) >= 11 is 0. The summed E-state index contributed by atoms with van der Waals surface area (Å²) in [6.45, 7) is 13.7. The molecule has 37 heavy (non-hydrogen) atoms. The van der Waals surface area contributed by atoms with Crippen LogP contribution in [0.3, 0.4) is 0 Å². The first kappa shape index (κ1) is 25.7. The maximum absolute atomic E-state index is 6.10. The minimum atomic E-state index is 0.146. The van der Waals surface area contributed by atoms with E-state index in [2.05, 4.69) is 89.5 Å². The average Bonchev–Trinajstić information content (AvgIpc) is 3.57. The Bertz CT molecular complexity index is 1340. The fourth-order valence-electron chi connectivity index (χ4n) is 5.97. The molecule has 4 aromatic rings. The Morgan fingerprint density at radius 3 is 2.76 bits per heavy atom. The summed E-state index contributed by atoms with van der Waals surface area (Å²) in [4.78, 5) is 19.8. The summed E-state index contributed by atoms with van der Waals surface area (Å²) in [6.07, 6.45) is 10.8. The van der Waals surface area contributed by atoms with Crippen LogP contribution in [0.4, 0.5) is 5.82 Å². The standard InChI is InChI=1S/C30H43N7/c1-20(2)36(15-7-6-11-27-34-24-13-12-22(30(3,4)5)17-25(24)35-27)18-21-9-8-10-26(21)37-16-14-23-28(31)32-19-33-29(23)37/h12-14,16-17,19-21,26H,6-11,15,18H2,1-5H3,(H,34,35)(H2,31,32,33). The Kier molecular flexibility index (Phi) is 7.26. The zero-order valence-corrected chi connectivity index (χ0v) is 23.2. The summed E-state index contributed by atoms with van der Waals surface area (Å²) in [5.41, 5.74) is 10.8. The van der Waals surface area contributed by atoms with E-state index in [1.54, 1.807) is 6.33 Å². The van der Waals surface area contributed by atoms with Gasteiger partial charge >= 0.3 is 0 Å². The van der Waals surface area contributed by atoms with Crippen molar-refractivity contribution in [1.82, 2.24) is 29.4 Å². The number of nitrogens with one attached hydrogen (secondary N) is 1. The summed E-state index contributed by atoms with van der Waals surface area (Å²) in [5, 5.41) is 0.967. The molecular weight excluding hydrogens is 458 g/mol. The van der Waals surface area contributed by atoms with Crippen LogP contribution in [-0.4, -0.2) is 48.5 Å². The highest BCUT2D eigenvalue weighted by molar-refractivity contribution is 5.86. The van der Waals surface area contributed by atoms with Crippen molar-refractivity contribution in [3.05, 3.63) is 48.2 Å². The molecule has 3 N–H and O–H groups in total. The molecule has 0 aliphatic heterocycles. The molecular formula is C30H43N7. The number of aromatic amines is 1. The number of imidazole rings is 1. The number of rotatable bonds is 9. The molecule has 7 nitrogen and oxygen atoms in total. The summed E-state index contributed by atoms with van der Waals surface area (Å²) in [5.74, 6) is 2.30. The van der Waals surface area contributed by atoms with Gasteiger partial charge in [-0.2, -0.15) is 0 Å². The third-order valence-electron chi connectivity index (χ3n) is 8.22. The highest BCUT2D eigenvalue weighted by atomic mass is 15.2. The van der Waals surface area contributed by atoms with Gasteiger partial charge in [0.05, 0.1) is 16.4 Å². The first-order valence-corrected chi connectivity index (χ1v) is 14.0. The number of anilines is 1. The largest absolute Gasteiger partial charge is 0.383 e. The van der Waals surface area contributed by atoms with Crippen LogP contribution in [0.5, 0.6) is 0 Å². The number of hydrogen-bond donors (Lipinski definition) is 2. The molecule has 198 valence electrons. The maximum atomic E-state index is 6.10. The van der Waals surface area contributed by atoms with Crippen molar-refractivity contribution in [2.75, 3.05) is 18.8 Å². The Labute approximate surface area is 220 Å². The summed E-state index contributed by atoms with van der Waals surface area (Å²) in [6, 6.07) is 9.70. The Morgan fingerprint density at radius 2 is 1.97 bits per heavy atom. The monoisotopic (exact) mass is 501 g/mol. The van der Waals surface area contributed by atoms with Crippen molar-refractivity contribution >= 4 is 27.9 Å². The zero-order chi connectivity index (χ0) is 26.2. The maximum Gasteiger partial charge on any atom is 0.145 e. The minimum Gasteiger partial charge on any atom is -0.383 e. The number of hydrogen-bond acceptors (Lipinski definition) is 5. The number of H-pyrrole nitrogens is 1. The van der Waals surface area contributed by atoms with E-state index in [0.717, 1.165) is 53.8 Å². The topological polar surface area (TPSA) is 88.7 Å². The van der Waals surface area contributed by atoms with Crippen molar-refractivity contribution in [3.63, 3.8) is 0 Å². The van der Waals surface area contributed by atoms with Crippen molar-refractivity contribution in [1.29, 1.82) is 0 Å². The van der Waals surface area contributed by atoms with Crippen LogP contribution in [-0.2, 0) is 11.8 Å². The van der Waals surface area contributed by atoms with Crippen molar-refractivity contribution in [3.8, 4) is 0 Å². The van der Waals surface area contributed by atoms with Crippen LogP contribution in [0.2, 0.25) is 0 Å². The number of nitrogen functional groups attached to an aromatic ring is 1. The summed E-state index contributed by atoms with van der Waals surface area (Å²) < 4.78 is 2.36. The molecule has 2 unspecified atom stereocenters. The number of benzene rings is 1. The minimum absolute atomic E-state index is 0.146.